The zero-order valence-corrected chi connectivity index (χ0v) is 16.4. The second kappa shape index (κ2) is 6.79. The van der Waals surface area contributed by atoms with Crippen molar-refractivity contribution in [3.8, 4) is 22.7 Å². The van der Waals surface area contributed by atoms with Crippen LogP contribution < -0.4 is 5.56 Å². The van der Waals surface area contributed by atoms with E-state index >= 15 is 0 Å². The van der Waals surface area contributed by atoms with Gasteiger partial charge in [0.1, 0.15) is 27.6 Å². The SMILES string of the molecule is [C-]#[N+]c1ccc2oc(-c3nc4[nH]c(=O)ccc4nc3-c3cc(C)nc(Cl)c3)cc2c1. The number of furan rings is 1. The summed E-state index contributed by atoms with van der Waals surface area (Å²) in [4.78, 5) is 31.5. The van der Waals surface area contributed by atoms with Crippen LogP contribution in [0.3, 0.4) is 0 Å². The van der Waals surface area contributed by atoms with Crippen LogP contribution in [0.1, 0.15) is 5.69 Å². The molecule has 0 saturated heterocycles. The molecular weight excluding hydrogens is 402 g/mol. The number of H-pyrrole nitrogens is 1. The predicted molar refractivity (Wildman–Crippen MR) is 115 cm³/mol. The van der Waals surface area contributed by atoms with Crippen LogP contribution in [-0.4, -0.2) is 19.9 Å². The molecule has 0 unspecified atom stereocenters. The third kappa shape index (κ3) is 3.09. The Kier molecular flexibility index (Phi) is 4.09. The molecule has 8 heteroatoms. The number of nitrogens with zero attached hydrogens (tertiary/aromatic N) is 4. The summed E-state index contributed by atoms with van der Waals surface area (Å²) in [5.74, 6) is 0.465. The summed E-state index contributed by atoms with van der Waals surface area (Å²) < 4.78 is 6.01. The van der Waals surface area contributed by atoms with Gasteiger partial charge in [0, 0.05) is 22.7 Å². The number of hydrogen-bond acceptors (Lipinski definition) is 5. The minimum absolute atomic E-state index is 0.274. The van der Waals surface area contributed by atoms with Crippen molar-refractivity contribution in [2.24, 2.45) is 0 Å². The van der Waals surface area contributed by atoms with Crippen molar-refractivity contribution < 1.29 is 4.42 Å². The number of rotatable bonds is 2. The number of aryl methyl sites for hydroxylation is 1. The maximum absolute atomic E-state index is 11.8. The fourth-order valence-electron chi connectivity index (χ4n) is 3.32. The van der Waals surface area contributed by atoms with Crippen LogP contribution >= 0.6 is 11.6 Å². The van der Waals surface area contributed by atoms with Gasteiger partial charge in [-0.25, -0.2) is 19.8 Å². The van der Waals surface area contributed by atoms with E-state index in [9.17, 15) is 4.79 Å². The summed E-state index contributed by atoms with van der Waals surface area (Å²) in [5.41, 5.74) is 4.20. The third-order valence-corrected chi connectivity index (χ3v) is 4.81. The summed E-state index contributed by atoms with van der Waals surface area (Å²) in [6.45, 7) is 9.05. The van der Waals surface area contributed by atoms with Gasteiger partial charge in [-0.1, -0.05) is 17.7 Å². The largest absolute Gasteiger partial charge is 0.454 e. The Hall–Kier alpha value is -4.02. The standard InChI is InChI=1S/C22H12ClN5O2/c1-11-7-13(10-18(23)25-11)20-21(28-22-15(26-20)4-6-19(29)27-22)17-9-12-8-14(24-2)3-5-16(12)30-17/h3-10H,1H3,(H,27,28,29). The van der Waals surface area contributed by atoms with Gasteiger partial charge >= 0.3 is 0 Å². The van der Waals surface area contributed by atoms with Gasteiger partial charge in [-0.2, -0.15) is 0 Å². The van der Waals surface area contributed by atoms with Crippen molar-refractivity contribution in [1.82, 2.24) is 19.9 Å². The summed E-state index contributed by atoms with van der Waals surface area (Å²) >= 11 is 6.18. The number of fused-ring (bicyclic) bond motifs is 2. The molecule has 0 fully saturated rings. The van der Waals surface area contributed by atoms with E-state index < -0.39 is 0 Å². The van der Waals surface area contributed by atoms with E-state index in [2.05, 4.69) is 19.8 Å². The van der Waals surface area contributed by atoms with Crippen LogP contribution in [0.5, 0.6) is 0 Å². The van der Waals surface area contributed by atoms with Gasteiger partial charge in [0.15, 0.2) is 17.1 Å². The van der Waals surface area contributed by atoms with Crippen molar-refractivity contribution >= 4 is 39.4 Å². The maximum Gasteiger partial charge on any atom is 0.249 e. The van der Waals surface area contributed by atoms with Gasteiger partial charge in [-0.3, -0.25) is 4.79 Å². The van der Waals surface area contributed by atoms with Crippen LogP contribution in [0.4, 0.5) is 5.69 Å². The Morgan fingerprint density at radius 2 is 1.90 bits per heavy atom. The van der Waals surface area contributed by atoms with Crippen LogP contribution in [0.25, 0.3) is 49.7 Å². The molecule has 144 valence electrons. The minimum atomic E-state index is -0.274. The quantitative estimate of drug-likeness (QED) is 0.313. The van der Waals surface area contributed by atoms with E-state index in [4.69, 9.17) is 27.6 Å². The zero-order chi connectivity index (χ0) is 20.8. The molecule has 4 heterocycles. The lowest BCUT2D eigenvalue weighted by Gasteiger charge is -2.09. The van der Waals surface area contributed by atoms with E-state index in [-0.39, 0.29) is 5.56 Å². The fourth-order valence-corrected chi connectivity index (χ4v) is 3.58. The van der Waals surface area contributed by atoms with E-state index in [1.165, 1.54) is 6.07 Å². The maximum atomic E-state index is 11.8. The number of benzene rings is 1. The van der Waals surface area contributed by atoms with Gasteiger partial charge in [0.2, 0.25) is 5.56 Å². The second-order valence-corrected chi connectivity index (χ2v) is 7.13. The van der Waals surface area contributed by atoms with Crippen LogP contribution in [0.15, 0.2) is 57.7 Å². The van der Waals surface area contributed by atoms with Gasteiger partial charge in [-0.05, 0) is 43.3 Å². The number of halogens is 1. The highest BCUT2D eigenvalue weighted by molar-refractivity contribution is 6.29. The highest BCUT2D eigenvalue weighted by Gasteiger charge is 2.18. The lowest BCUT2D eigenvalue weighted by Crippen LogP contribution is -2.06. The number of aromatic amines is 1. The van der Waals surface area contributed by atoms with Crippen LogP contribution in [0, 0.1) is 13.5 Å². The topological polar surface area (TPSA) is 89.0 Å². The Labute approximate surface area is 174 Å². The molecule has 5 rings (SSSR count). The summed E-state index contributed by atoms with van der Waals surface area (Å²) in [6.07, 6.45) is 0. The molecule has 0 aliphatic rings. The summed E-state index contributed by atoms with van der Waals surface area (Å²) in [5, 5.41) is 1.11. The highest BCUT2D eigenvalue weighted by atomic mass is 35.5. The lowest BCUT2D eigenvalue weighted by molar-refractivity contribution is 0.629. The molecule has 0 spiro atoms. The number of nitrogens with one attached hydrogen (secondary N) is 1. The molecular formula is C22H12ClN5O2. The number of aromatic nitrogens is 4. The Morgan fingerprint density at radius 3 is 2.70 bits per heavy atom. The molecule has 0 amide bonds. The summed E-state index contributed by atoms with van der Waals surface area (Å²) in [7, 11) is 0. The molecule has 0 aliphatic heterocycles. The third-order valence-electron chi connectivity index (χ3n) is 4.61. The van der Waals surface area contributed by atoms with Crippen LogP contribution in [-0.2, 0) is 0 Å². The first-order valence-corrected chi connectivity index (χ1v) is 9.35. The van der Waals surface area contributed by atoms with E-state index in [0.29, 0.717) is 44.7 Å². The molecule has 0 saturated carbocycles. The van der Waals surface area contributed by atoms with Crippen molar-refractivity contribution in [2.45, 2.75) is 6.92 Å². The number of pyridine rings is 2. The van der Waals surface area contributed by atoms with Crippen molar-refractivity contribution in [2.75, 3.05) is 0 Å². The van der Waals surface area contributed by atoms with Gasteiger partial charge in [0.25, 0.3) is 0 Å². The molecule has 4 aromatic heterocycles. The van der Waals surface area contributed by atoms with Crippen molar-refractivity contribution in [3.05, 3.63) is 81.1 Å². The first kappa shape index (κ1) is 18.0. The molecule has 0 bridgehead atoms. The molecule has 1 N–H and O–H groups in total. The molecule has 30 heavy (non-hydrogen) atoms. The van der Waals surface area contributed by atoms with Crippen LogP contribution in [0.2, 0.25) is 5.15 Å². The summed E-state index contributed by atoms with van der Waals surface area (Å²) in [6, 6.07) is 13.6. The predicted octanol–water partition coefficient (Wildman–Crippen LogP) is 5.31. The Bertz CT molecular complexity index is 1540. The molecule has 0 aliphatic carbocycles. The smallest absolute Gasteiger partial charge is 0.249 e. The average Bonchev–Trinajstić information content (AvgIpc) is 3.15. The average molecular weight is 414 g/mol. The molecule has 5 aromatic rings. The Morgan fingerprint density at radius 1 is 1.03 bits per heavy atom. The van der Waals surface area contributed by atoms with Crippen molar-refractivity contribution in [1.29, 1.82) is 0 Å². The number of hydrogen-bond donors (Lipinski definition) is 1. The molecule has 0 radical (unpaired) electrons. The van der Waals surface area contributed by atoms with E-state index in [0.717, 1.165) is 16.6 Å². The van der Waals surface area contributed by atoms with Gasteiger partial charge < -0.3 is 9.40 Å². The van der Waals surface area contributed by atoms with Crippen molar-refractivity contribution in [3.63, 3.8) is 0 Å². The first-order valence-electron chi connectivity index (χ1n) is 8.97. The zero-order valence-electron chi connectivity index (χ0n) is 15.6. The monoisotopic (exact) mass is 413 g/mol. The molecule has 7 nitrogen and oxygen atoms in total. The first-order chi connectivity index (χ1) is 14.5. The molecule has 0 atom stereocenters. The highest BCUT2D eigenvalue weighted by Crippen LogP contribution is 2.35. The van der Waals surface area contributed by atoms with E-state index in [1.54, 1.807) is 36.4 Å². The molecule has 1 aromatic carbocycles. The second-order valence-electron chi connectivity index (χ2n) is 6.74. The van der Waals surface area contributed by atoms with E-state index in [1.807, 2.05) is 13.0 Å². The minimum Gasteiger partial charge on any atom is -0.454 e. The normalized spacial score (nSPS) is 11.1. The van der Waals surface area contributed by atoms with Gasteiger partial charge in [-0.15, -0.1) is 0 Å². The lowest BCUT2D eigenvalue weighted by atomic mass is 10.1. The van der Waals surface area contributed by atoms with Gasteiger partial charge in [0.05, 0.1) is 6.57 Å². The Balaban J connectivity index is 1.83. The fraction of sp³-hybridized carbons (Fsp3) is 0.0455.